The van der Waals surface area contributed by atoms with Gasteiger partial charge in [0.1, 0.15) is 5.82 Å². The number of rotatable bonds is 2. The number of nitrogens with one attached hydrogen (secondary N) is 2. The van der Waals surface area contributed by atoms with Gasteiger partial charge in [-0.3, -0.25) is 0 Å². The van der Waals surface area contributed by atoms with Gasteiger partial charge in [-0.25, -0.2) is 9.37 Å². The Bertz CT molecular complexity index is 564. The number of benzene rings is 1. The van der Waals surface area contributed by atoms with Gasteiger partial charge in [-0.2, -0.15) is 0 Å². The Balaban J connectivity index is 1.93. The molecule has 1 aromatic carbocycles. The van der Waals surface area contributed by atoms with Crippen molar-refractivity contribution in [2.75, 3.05) is 6.54 Å². The summed E-state index contributed by atoms with van der Waals surface area (Å²) in [7, 11) is 0. The summed E-state index contributed by atoms with van der Waals surface area (Å²) in [4.78, 5) is 7.60. The fourth-order valence-corrected chi connectivity index (χ4v) is 2.74. The molecule has 0 saturated carbocycles. The monoisotopic (exact) mass is 245 g/mol. The van der Waals surface area contributed by atoms with Crippen LogP contribution in [0.15, 0.2) is 30.6 Å². The Hall–Kier alpha value is -1.68. The molecular formula is C14H16FN3. The molecule has 3 nitrogen and oxygen atoms in total. The molecule has 0 radical (unpaired) electrons. The SMILES string of the molecule is CC1(Cc2cccc(F)c2)NCCc2[nH]cnc21. The fraction of sp³-hybridized carbons (Fsp3) is 0.357. The summed E-state index contributed by atoms with van der Waals surface area (Å²) >= 11 is 0. The molecule has 2 N–H and O–H groups in total. The first-order valence-electron chi connectivity index (χ1n) is 6.20. The van der Waals surface area contributed by atoms with Crippen molar-refractivity contribution in [2.45, 2.75) is 25.3 Å². The normalized spacial score (nSPS) is 22.8. The Morgan fingerprint density at radius 2 is 2.33 bits per heavy atom. The van der Waals surface area contributed by atoms with Gasteiger partial charge in [0.05, 0.1) is 17.6 Å². The third-order valence-corrected chi connectivity index (χ3v) is 3.58. The smallest absolute Gasteiger partial charge is 0.123 e. The van der Waals surface area contributed by atoms with Gasteiger partial charge < -0.3 is 10.3 Å². The van der Waals surface area contributed by atoms with Gasteiger partial charge in [-0.05, 0) is 31.0 Å². The maximum Gasteiger partial charge on any atom is 0.123 e. The van der Waals surface area contributed by atoms with Crippen molar-refractivity contribution in [1.29, 1.82) is 0 Å². The second kappa shape index (κ2) is 4.21. The van der Waals surface area contributed by atoms with Crippen molar-refractivity contribution in [3.8, 4) is 0 Å². The summed E-state index contributed by atoms with van der Waals surface area (Å²) in [6, 6.07) is 6.77. The van der Waals surface area contributed by atoms with Crippen molar-refractivity contribution in [3.05, 3.63) is 53.4 Å². The van der Waals surface area contributed by atoms with E-state index in [1.165, 1.54) is 11.8 Å². The second-order valence-electron chi connectivity index (χ2n) is 5.05. The summed E-state index contributed by atoms with van der Waals surface area (Å²) in [5, 5.41) is 3.50. The molecule has 1 unspecified atom stereocenters. The minimum atomic E-state index is -0.221. The van der Waals surface area contributed by atoms with Crippen LogP contribution in [-0.2, 0) is 18.4 Å². The largest absolute Gasteiger partial charge is 0.348 e. The maximum absolute atomic E-state index is 13.2. The molecule has 2 heterocycles. The van der Waals surface area contributed by atoms with Gasteiger partial charge in [0.25, 0.3) is 0 Å². The first kappa shape index (κ1) is 11.4. The lowest BCUT2D eigenvalue weighted by atomic mass is 9.85. The zero-order valence-corrected chi connectivity index (χ0v) is 10.3. The number of aromatic nitrogens is 2. The summed E-state index contributed by atoms with van der Waals surface area (Å²) in [5.74, 6) is -0.186. The number of hydrogen-bond acceptors (Lipinski definition) is 2. The number of halogens is 1. The molecule has 0 spiro atoms. The predicted octanol–water partition coefficient (Wildman–Crippen LogP) is 2.15. The van der Waals surface area contributed by atoms with E-state index in [1.54, 1.807) is 18.5 Å². The molecule has 0 fully saturated rings. The van der Waals surface area contributed by atoms with Crippen LogP contribution in [0.5, 0.6) is 0 Å². The van der Waals surface area contributed by atoms with Crippen molar-refractivity contribution in [3.63, 3.8) is 0 Å². The predicted molar refractivity (Wildman–Crippen MR) is 67.8 cm³/mol. The zero-order chi connectivity index (χ0) is 12.6. The minimum absolute atomic E-state index is 0.186. The third-order valence-electron chi connectivity index (χ3n) is 3.58. The molecule has 0 amide bonds. The first-order chi connectivity index (χ1) is 8.67. The lowest BCUT2D eigenvalue weighted by Gasteiger charge is -2.34. The standard InChI is InChI=1S/C14H16FN3/c1-14(8-10-3-2-4-11(15)7-10)13-12(5-6-18-14)16-9-17-13/h2-4,7,9,18H,5-6,8H2,1H3,(H,16,17). The maximum atomic E-state index is 13.2. The number of imidazole rings is 1. The van der Waals surface area contributed by atoms with E-state index >= 15 is 0 Å². The van der Waals surface area contributed by atoms with E-state index in [0.29, 0.717) is 0 Å². The van der Waals surface area contributed by atoms with E-state index in [0.717, 1.165) is 30.6 Å². The molecule has 94 valence electrons. The molecule has 1 aromatic heterocycles. The van der Waals surface area contributed by atoms with E-state index < -0.39 is 0 Å². The van der Waals surface area contributed by atoms with E-state index in [4.69, 9.17) is 0 Å². The van der Waals surface area contributed by atoms with Crippen LogP contribution in [0.1, 0.15) is 23.9 Å². The lowest BCUT2D eigenvalue weighted by molar-refractivity contribution is 0.334. The molecule has 1 aliphatic rings. The third kappa shape index (κ3) is 1.93. The van der Waals surface area contributed by atoms with Crippen LogP contribution in [-0.4, -0.2) is 16.5 Å². The van der Waals surface area contributed by atoms with E-state index in [2.05, 4.69) is 22.2 Å². The van der Waals surface area contributed by atoms with Crippen molar-refractivity contribution in [2.24, 2.45) is 0 Å². The molecular weight excluding hydrogens is 229 g/mol. The molecule has 0 saturated heterocycles. The molecule has 18 heavy (non-hydrogen) atoms. The van der Waals surface area contributed by atoms with Crippen molar-refractivity contribution in [1.82, 2.24) is 15.3 Å². The molecule has 4 heteroatoms. The Morgan fingerprint density at radius 3 is 3.17 bits per heavy atom. The molecule has 1 aliphatic heterocycles. The van der Waals surface area contributed by atoms with Crippen LogP contribution >= 0.6 is 0 Å². The van der Waals surface area contributed by atoms with Gasteiger partial charge in [0.15, 0.2) is 0 Å². The topological polar surface area (TPSA) is 40.7 Å². The van der Waals surface area contributed by atoms with Crippen LogP contribution in [0.25, 0.3) is 0 Å². The number of hydrogen-bond donors (Lipinski definition) is 2. The van der Waals surface area contributed by atoms with Gasteiger partial charge in [-0.1, -0.05) is 12.1 Å². The number of H-pyrrole nitrogens is 1. The lowest BCUT2D eigenvalue weighted by Crippen LogP contribution is -2.46. The van der Waals surface area contributed by atoms with E-state index in [1.807, 2.05) is 6.07 Å². The van der Waals surface area contributed by atoms with Crippen LogP contribution in [0.3, 0.4) is 0 Å². The van der Waals surface area contributed by atoms with Gasteiger partial charge in [0.2, 0.25) is 0 Å². The fourth-order valence-electron chi connectivity index (χ4n) is 2.74. The molecule has 0 aliphatic carbocycles. The highest BCUT2D eigenvalue weighted by molar-refractivity contribution is 5.28. The number of nitrogens with zero attached hydrogens (tertiary/aromatic N) is 1. The summed E-state index contributed by atoms with van der Waals surface area (Å²) in [6.07, 6.45) is 3.44. The summed E-state index contributed by atoms with van der Waals surface area (Å²) < 4.78 is 13.2. The van der Waals surface area contributed by atoms with Crippen molar-refractivity contribution < 1.29 is 4.39 Å². The Morgan fingerprint density at radius 1 is 1.44 bits per heavy atom. The Labute approximate surface area is 105 Å². The van der Waals surface area contributed by atoms with Gasteiger partial charge in [-0.15, -0.1) is 0 Å². The van der Waals surface area contributed by atoms with Crippen LogP contribution in [0, 0.1) is 5.82 Å². The van der Waals surface area contributed by atoms with E-state index in [9.17, 15) is 4.39 Å². The van der Waals surface area contributed by atoms with E-state index in [-0.39, 0.29) is 11.4 Å². The number of aromatic amines is 1. The quantitative estimate of drug-likeness (QED) is 0.851. The average molecular weight is 245 g/mol. The summed E-state index contributed by atoms with van der Waals surface area (Å²) in [6.45, 7) is 3.04. The highest BCUT2D eigenvalue weighted by Gasteiger charge is 2.34. The Kier molecular flexibility index (Phi) is 2.67. The second-order valence-corrected chi connectivity index (χ2v) is 5.05. The number of fused-ring (bicyclic) bond motifs is 1. The van der Waals surface area contributed by atoms with Gasteiger partial charge >= 0.3 is 0 Å². The molecule has 2 aromatic rings. The van der Waals surface area contributed by atoms with Crippen molar-refractivity contribution >= 4 is 0 Å². The minimum Gasteiger partial charge on any atom is -0.348 e. The molecule has 3 rings (SSSR count). The zero-order valence-electron chi connectivity index (χ0n) is 10.3. The van der Waals surface area contributed by atoms with Gasteiger partial charge in [0, 0.05) is 18.7 Å². The van der Waals surface area contributed by atoms with Crippen LogP contribution < -0.4 is 5.32 Å². The average Bonchev–Trinajstić information content (AvgIpc) is 2.78. The highest BCUT2D eigenvalue weighted by Crippen LogP contribution is 2.29. The highest BCUT2D eigenvalue weighted by atomic mass is 19.1. The van der Waals surface area contributed by atoms with Crippen LogP contribution in [0.4, 0.5) is 4.39 Å². The molecule has 0 bridgehead atoms. The van der Waals surface area contributed by atoms with Crippen LogP contribution in [0.2, 0.25) is 0 Å². The molecule has 1 atom stereocenters. The first-order valence-corrected chi connectivity index (χ1v) is 6.20. The summed E-state index contributed by atoms with van der Waals surface area (Å²) in [5.41, 5.74) is 3.01.